The zero-order valence-electron chi connectivity index (χ0n) is 16.4. The number of aromatic nitrogens is 1. The number of pyridine rings is 1. The van der Waals surface area contributed by atoms with Crippen LogP contribution in [0.5, 0.6) is 5.75 Å². The van der Waals surface area contributed by atoms with E-state index in [-0.39, 0.29) is 10.9 Å². The van der Waals surface area contributed by atoms with E-state index in [2.05, 4.69) is 15.2 Å². The molecular formula is C20H22ClF3N4O2. The van der Waals surface area contributed by atoms with E-state index in [0.717, 1.165) is 12.3 Å². The number of nitrogens with zero attached hydrogens (tertiary/aromatic N) is 3. The second-order valence-electron chi connectivity index (χ2n) is 6.85. The third-order valence-electron chi connectivity index (χ3n) is 4.86. The molecule has 3 rings (SSSR count). The summed E-state index contributed by atoms with van der Waals surface area (Å²) in [6.45, 7) is 3.00. The molecule has 0 bridgehead atoms. The third-order valence-corrected chi connectivity index (χ3v) is 5.14. The lowest BCUT2D eigenvalue weighted by Gasteiger charge is -2.35. The van der Waals surface area contributed by atoms with E-state index in [1.54, 1.807) is 19.2 Å². The molecule has 6 nitrogen and oxygen atoms in total. The molecule has 2 heterocycles. The second-order valence-corrected chi connectivity index (χ2v) is 7.26. The van der Waals surface area contributed by atoms with Gasteiger partial charge in [-0.3, -0.25) is 9.69 Å². The summed E-state index contributed by atoms with van der Waals surface area (Å²) >= 11 is 6.03. The summed E-state index contributed by atoms with van der Waals surface area (Å²) in [6, 6.07) is 8.09. The number of halogens is 4. The van der Waals surface area contributed by atoms with Gasteiger partial charge in [0.1, 0.15) is 11.6 Å². The summed E-state index contributed by atoms with van der Waals surface area (Å²) < 4.78 is 43.5. The van der Waals surface area contributed by atoms with Crippen molar-refractivity contribution in [1.29, 1.82) is 0 Å². The van der Waals surface area contributed by atoms with Crippen LogP contribution in [-0.4, -0.2) is 55.6 Å². The highest BCUT2D eigenvalue weighted by atomic mass is 35.5. The van der Waals surface area contributed by atoms with Gasteiger partial charge in [0.15, 0.2) is 0 Å². The number of hydrogen-bond donors (Lipinski definition) is 1. The van der Waals surface area contributed by atoms with Crippen molar-refractivity contribution in [3.63, 3.8) is 0 Å². The van der Waals surface area contributed by atoms with Gasteiger partial charge in [-0.2, -0.15) is 13.2 Å². The molecule has 1 fully saturated rings. The van der Waals surface area contributed by atoms with Crippen molar-refractivity contribution in [1.82, 2.24) is 9.88 Å². The van der Waals surface area contributed by atoms with Crippen LogP contribution in [0.25, 0.3) is 0 Å². The Morgan fingerprint density at radius 3 is 2.57 bits per heavy atom. The number of benzene rings is 1. The third kappa shape index (κ3) is 5.54. The number of amides is 1. The molecule has 1 aliphatic heterocycles. The minimum atomic E-state index is -4.47. The van der Waals surface area contributed by atoms with Crippen molar-refractivity contribution in [2.75, 3.05) is 50.1 Å². The van der Waals surface area contributed by atoms with Gasteiger partial charge >= 0.3 is 6.18 Å². The van der Waals surface area contributed by atoms with Gasteiger partial charge in [0.05, 0.1) is 23.4 Å². The SMILES string of the molecule is COc1ccccc1NC(=O)CCN1CCN(c2ncc(C(F)(F)F)cc2Cl)CC1. The summed E-state index contributed by atoms with van der Waals surface area (Å²) in [5, 5.41) is 2.82. The number of para-hydroxylation sites is 2. The molecule has 1 amide bonds. The van der Waals surface area contributed by atoms with Crippen LogP contribution < -0.4 is 15.0 Å². The molecule has 0 aliphatic carbocycles. The first-order valence-corrected chi connectivity index (χ1v) is 9.78. The van der Waals surface area contributed by atoms with Gasteiger partial charge < -0.3 is 15.0 Å². The number of carbonyl (C=O) groups is 1. The normalized spacial score (nSPS) is 15.2. The van der Waals surface area contributed by atoms with Gasteiger partial charge in [-0.25, -0.2) is 4.98 Å². The lowest BCUT2D eigenvalue weighted by atomic mass is 10.2. The number of ether oxygens (including phenoxy) is 1. The molecule has 1 saturated heterocycles. The molecule has 0 spiro atoms. The average Bonchev–Trinajstić information content (AvgIpc) is 2.72. The van der Waals surface area contributed by atoms with Gasteiger partial charge in [0.25, 0.3) is 0 Å². The number of anilines is 2. The first-order chi connectivity index (χ1) is 14.3. The molecule has 1 aromatic carbocycles. The van der Waals surface area contributed by atoms with Crippen molar-refractivity contribution in [3.05, 3.63) is 47.1 Å². The van der Waals surface area contributed by atoms with E-state index in [1.165, 1.54) is 0 Å². The van der Waals surface area contributed by atoms with E-state index in [1.807, 2.05) is 17.0 Å². The Balaban J connectivity index is 1.48. The van der Waals surface area contributed by atoms with E-state index >= 15 is 0 Å². The molecule has 30 heavy (non-hydrogen) atoms. The monoisotopic (exact) mass is 442 g/mol. The number of nitrogens with one attached hydrogen (secondary N) is 1. The topological polar surface area (TPSA) is 57.7 Å². The van der Waals surface area contributed by atoms with Gasteiger partial charge in [0.2, 0.25) is 5.91 Å². The Kier molecular flexibility index (Phi) is 7.04. The highest BCUT2D eigenvalue weighted by Crippen LogP contribution is 2.33. The van der Waals surface area contributed by atoms with Gasteiger partial charge in [-0.1, -0.05) is 23.7 Å². The summed E-state index contributed by atoms with van der Waals surface area (Å²) in [4.78, 5) is 20.1. The predicted octanol–water partition coefficient (Wildman–Crippen LogP) is 3.91. The van der Waals surface area contributed by atoms with Crippen LogP contribution in [0.4, 0.5) is 24.7 Å². The number of hydrogen-bond acceptors (Lipinski definition) is 5. The first-order valence-electron chi connectivity index (χ1n) is 9.41. The Morgan fingerprint density at radius 2 is 1.93 bits per heavy atom. The lowest BCUT2D eigenvalue weighted by Crippen LogP contribution is -2.47. The van der Waals surface area contributed by atoms with Crippen LogP contribution in [-0.2, 0) is 11.0 Å². The van der Waals surface area contributed by atoms with E-state index in [4.69, 9.17) is 16.3 Å². The van der Waals surface area contributed by atoms with Crippen LogP contribution in [0.3, 0.4) is 0 Å². The zero-order chi connectivity index (χ0) is 21.7. The quantitative estimate of drug-likeness (QED) is 0.735. The van der Waals surface area contributed by atoms with Gasteiger partial charge in [0, 0.05) is 45.3 Å². The van der Waals surface area contributed by atoms with Crippen LogP contribution >= 0.6 is 11.6 Å². The highest BCUT2D eigenvalue weighted by Gasteiger charge is 2.32. The van der Waals surface area contributed by atoms with Crippen molar-refractivity contribution in [3.8, 4) is 5.75 Å². The molecular weight excluding hydrogens is 421 g/mol. The molecule has 1 N–H and O–H groups in total. The smallest absolute Gasteiger partial charge is 0.417 e. The fourth-order valence-electron chi connectivity index (χ4n) is 3.22. The highest BCUT2D eigenvalue weighted by molar-refractivity contribution is 6.33. The first kappa shape index (κ1) is 22.2. The largest absolute Gasteiger partial charge is 0.495 e. The van der Waals surface area contributed by atoms with E-state index in [0.29, 0.717) is 56.4 Å². The van der Waals surface area contributed by atoms with Gasteiger partial charge in [-0.15, -0.1) is 0 Å². The Labute approximate surface area is 177 Å². The molecule has 2 aromatic rings. The van der Waals surface area contributed by atoms with Crippen LogP contribution in [0.1, 0.15) is 12.0 Å². The Hall–Kier alpha value is -2.52. The van der Waals surface area contributed by atoms with Crippen LogP contribution in [0.15, 0.2) is 36.5 Å². The summed E-state index contributed by atoms with van der Waals surface area (Å²) in [5.74, 6) is 0.827. The van der Waals surface area contributed by atoms with Crippen molar-refractivity contribution >= 4 is 29.0 Å². The maximum Gasteiger partial charge on any atom is 0.417 e. The maximum absolute atomic E-state index is 12.8. The van der Waals surface area contributed by atoms with Gasteiger partial charge in [-0.05, 0) is 18.2 Å². The van der Waals surface area contributed by atoms with Crippen molar-refractivity contribution in [2.45, 2.75) is 12.6 Å². The molecule has 0 saturated carbocycles. The fourth-order valence-corrected chi connectivity index (χ4v) is 3.51. The number of alkyl halides is 3. The molecule has 0 radical (unpaired) electrons. The summed E-state index contributed by atoms with van der Waals surface area (Å²) in [7, 11) is 1.54. The fraction of sp³-hybridized carbons (Fsp3) is 0.400. The summed E-state index contributed by atoms with van der Waals surface area (Å²) in [5.41, 5.74) is -0.242. The minimum Gasteiger partial charge on any atom is -0.495 e. The molecule has 10 heteroatoms. The molecule has 0 atom stereocenters. The van der Waals surface area contributed by atoms with Crippen LogP contribution in [0.2, 0.25) is 5.02 Å². The van der Waals surface area contributed by atoms with E-state index < -0.39 is 11.7 Å². The maximum atomic E-state index is 12.8. The standard InChI is InChI=1S/C20H22ClF3N4O2/c1-30-17-5-3-2-4-16(17)26-18(29)6-7-27-8-10-28(11-9-27)19-15(21)12-14(13-25-19)20(22,23)24/h2-5,12-13H,6-11H2,1H3,(H,26,29). The molecule has 162 valence electrons. The second kappa shape index (κ2) is 9.53. The molecule has 1 aliphatic rings. The van der Waals surface area contributed by atoms with Crippen LogP contribution in [0, 0.1) is 0 Å². The number of piperazine rings is 1. The molecule has 1 aromatic heterocycles. The predicted molar refractivity (Wildman–Crippen MR) is 109 cm³/mol. The summed E-state index contributed by atoms with van der Waals surface area (Å²) in [6.07, 6.45) is -3.36. The number of methoxy groups -OCH3 is 1. The van der Waals surface area contributed by atoms with Crippen molar-refractivity contribution < 1.29 is 22.7 Å². The number of rotatable bonds is 6. The average molecular weight is 443 g/mol. The lowest BCUT2D eigenvalue weighted by molar-refractivity contribution is -0.137. The zero-order valence-corrected chi connectivity index (χ0v) is 17.1. The minimum absolute atomic E-state index is 0.0190. The molecule has 0 unspecified atom stereocenters. The number of carbonyl (C=O) groups excluding carboxylic acids is 1. The Morgan fingerprint density at radius 1 is 1.23 bits per heavy atom. The van der Waals surface area contributed by atoms with E-state index in [9.17, 15) is 18.0 Å². The Bertz CT molecular complexity index is 887. The van der Waals surface area contributed by atoms with Crippen molar-refractivity contribution in [2.24, 2.45) is 0 Å².